The van der Waals surface area contributed by atoms with Crippen molar-refractivity contribution in [2.75, 3.05) is 5.32 Å². The van der Waals surface area contributed by atoms with Crippen LogP contribution in [-0.4, -0.2) is 25.5 Å². The Kier molecular flexibility index (Phi) is 3.67. The molecular formula is C13H20ClN5. The van der Waals surface area contributed by atoms with Crippen molar-refractivity contribution in [2.24, 2.45) is 11.8 Å². The SMILES string of the molecule is CC(C)C(C)(Nc1nc(Cl)nc2nc[nH]c12)C(C)C. The molecule has 0 unspecified atom stereocenters. The molecule has 0 aliphatic rings. The first-order valence-corrected chi connectivity index (χ1v) is 6.87. The Balaban J connectivity index is 2.47. The minimum Gasteiger partial charge on any atom is -0.362 e. The number of rotatable bonds is 4. The van der Waals surface area contributed by atoms with Crippen LogP contribution < -0.4 is 5.32 Å². The largest absolute Gasteiger partial charge is 0.362 e. The highest BCUT2D eigenvalue weighted by Crippen LogP contribution is 2.31. The summed E-state index contributed by atoms with van der Waals surface area (Å²) in [6, 6.07) is 0. The minimum atomic E-state index is -0.0876. The molecule has 2 heterocycles. The van der Waals surface area contributed by atoms with Gasteiger partial charge >= 0.3 is 0 Å². The van der Waals surface area contributed by atoms with Gasteiger partial charge in [-0.3, -0.25) is 0 Å². The fourth-order valence-corrected chi connectivity index (χ4v) is 2.27. The second-order valence-electron chi connectivity index (χ2n) is 5.66. The van der Waals surface area contributed by atoms with E-state index in [4.69, 9.17) is 11.6 Å². The summed E-state index contributed by atoms with van der Waals surface area (Å²) in [6.07, 6.45) is 1.60. The smallest absolute Gasteiger partial charge is 0.226 e. The van der Waals surface area contributed by atoms with Crippen LogP contribution in [0.2, 0.25) is 5.28 Å². The minimum absolute atomic E-state index is 0.0876. The average Bonchev–Trinajstić information content (AvgIpc) is 2.76. The van der Waals surface area contributed by atoms with Gasteiger partial charge in [-0.2, -0.15) is 9.97 Å². The molecule has 0 amide bonds. The van der Waals surface area contributed by atoms with Crippen LogP contribution in [0, 0.1) is 11.8 Å². The molecule has 0 aliphatic heterocycles. The van der Waals surface area contributed by atoms with E-state index < -0.39 is 0 Å². The van der Waals surface area contributed by atoms with Crippen LogP contribution in [0.1, 0.15) is 34.6 Å². The van der Waals surface area contributed by atoms with E-state index in [1.165, 1.54) is 0 Å². The zero-order chi connectivity index (χ0) is 14.2. The molecule has 0 spiro atoms. The number of anilines is 1. The van der Waals surface area contributed by atoms with Crippen molar-refractivity contribution >= 4 is 28.6 Å². The lowest BCUT2D eigenvalue weighted by atomic mass is 9.78. The summed E-state index contributed by atoms with van der Waals surface area (Å²) in [5.41, 5.74) is 1.28. The summed E-state index contributed by atoms with van der Waals surface area (Å²) in [5, 5.41) is 3.72. The van der Waals surface area contributed by atoms with E-state index in [1.54, 1.807) is 6.33 Å². The van der Waals surface area contributed by atoms with Crippen LogP contribution >= 0.6 is 11.6 Å². The maximum atomic E-state index is 5.95. The molecule has 2 aromatic heterocycles. The van der Waals surface area contributed by atoms with Gasteiger partial charge in [0, 0.05) is 5.54 Å². The molecule has 5 nitrogen and oxygen atoms in total. The number of aromatic amines is 1. The maximum Gasteiger partial charge on any atom is 0.226 e. The molecule has 0 atom stereocenters. The quantitative estimate of drug-likeness (QED) is 0.842. The molecule has 0 radical (unpaired) electrons. The fraction of sp³-hybridized carbons (Fsp3) is 0.615. The highest BCUT2D eigenvalue weighted by Gasteiger charge is 2.33. The molecule has 0 saturated carbocycles. The number of nitrogens with zero attached hydrogens (tertiary/aromatic N) is 3. The Hall–Kier alpha value is -1.36. The number of imidazole rings is 1. The molecule has 19 heavy (non-hydrogen) atoms. The van der Waals surface area contributed by atoms with Gasteiger partial charge in [0.05, 0.1) is 6.33 Å². The molecular weight excluding hydrogens is 262 g/mol. The zero-order valence-electron chi connectivity index (χ0n) is 12.0. The summed E-state index contributed by atoms with van der Waals surface area (Å²) < 4.78 is 0. The third-order valence-corrected chi connectivity index (χ3v) is 4.21. The van der Waals surface area contributed by atoms with Crippen molar-refractivity contribution in [3.63, 3.8) is 0 Å². The van der Waals surface area contributed by atoms with Gasteiger partial charge in [0.2, 0.25) is 5.28 Å². The van der Waals surface area contributed by atoms with Crippen LogP contribution in [0.3, 0.4) is 0 Å². The summed E-state index contributed by atoms with van der Waals surface area (Å²) in [6.45, 7) is 11.0. The van der Waals surface area contributed by atoms with Crippen LogP contribution in [0.15, 0.2) is 6.33 Å². The Labute approximate surface area is 118 Å². The molecule has 6 heteroatoms. The molecule has 0 bridgehead atoms. The molecule has 2 N–H and O–H groups in total. The number of fused-ring (bicyclic) bond motifs is 1. The van der Waals surface area contributed by atoms with E-state index in [9.17, 15) is 0 Å². The molecule has 0 aliphatic carbocycles. The Morgan fingerprint density at radius 3 is 2.42 bits per heavy atom. The van der Waals surface area contributed by atoms with Crippen molar-refractivity contribution < 1.29 is 0 Å². The fourth-order valence-electron chi connectivity index (χ4n) is 2.11. The van der Waals surface area contributed by atoms with Crippen molar-refractivity contribution in [3.8, 4) is 0 Å². The first kappa shape index (κ1) is 14.1. The normalized spacial score (nSPS) is 12.6. The van der Waals surface area contributed by atoms with Gasteiger partial charge in [0.15, 0.2) is 11.5 Å². The standard InChI is InChI=1S/C13H20ClN5/c1-7(2)13(5,8(3)4)19-11-9-10(16-6-15-9)17-12(14)18-11/h6-8H,1-5H3,(H2,15,16,17,18,19). The van der Waals surface area contributed by atoms with E-state index in [0.717, 1.165) is 5.52 Å². The molecule has 104 valence electrons. The summed E-state index contributed by atoms with van der Waals surface area (Å²) in [4.78, 5) is 15.6. The number of halogens is 1. The van der Waals surface area contributed by atoms with Gasteiger partial charge < -0.3 is 10.3 Å². The van der Waals surface area contributed by atoms with Gasteiger partial charge in [0.25, 0.3) is 0 Å². The molecule has 0 fully saturated rings. The maximum absolute atomic E-state index is 5.95. The van der Waals surface area contributed by atoms with Crippen LogP contribution in [-0.2, 0) is 0 Å². The average molecular weight is 282 g/mol. The number of hydrogen-bond donors (Lipinski definition) is 2. The Morgan fingerprint density at radius 2 is 1.84 bits per heavy atom. The van der Waals surface area contributed by atoms with E-state index in [1.807, 2.05) is 0 Å². The van der Waals surface area contributed by atoms with Gasteiger partial charge in [-0.1, -0.05) is 27.7 Å². The highest BCUT2D eigenvalue weighted by molar-refractivity contribution is 6.28. The lowest BCUT2D eigenvalue weighted by molar-refractivity contribution is 0.278. The van der Waals surface area contributed by atoms with Crippen molar-refractivity contribution in [2.45, 2.75) is 40.2 Å². The van der Waals surface area contributed by atoms with Gasteiger partial charge in [-0.05, 0) is 30.4 Å². The van der Waals surface area contributed by atoms with Crippen LogP contribution in [0.4, 0.5) is 5.82 Å². The van der Waals surface area contributed by atoms with Gasteiger partial charge in [0.1, 0.15) is 5.52 Å². The summed E-state index contributed by atoms with van der Waals surface area (Å²) >= 11 is 5.95. The Morgan fingerprint density at radius 1 is 1.21 bits per heavy atom. The predicted molar refractivity (Wildman–Crippen MR) is 78.4 cm³/mol. The second kappa shape index (κ2) is 4.96. The monoisotopic (exact) mass is 281 g/mol. The lowest BCUT2D eigenvalue weighted by Gasteiger charge is -2.39. The third-order valence-electron chi connectivity index (χ3n) is 4.04. The highest BCUT2D eigenvalue weighted by atomic mass is 35.5. The number of hydrogen-bond acceptors (Lipinski definition) is 4. The van der Waals surface area contributed by atoms with Crippen molar-refractivity contribution in [3.05, 3.63) is 11.6 Å². The molecule has 0 saturated heterocycles. The van der Waals surface area contributed by atoms with E-state index in [-0.39, 0.29) is 10.8 Å². The van der Waals surface area contributed by atoms with Crippen LogP contribution in [0.5, 0.6) is 0 Å². The third kappa shape index (κ3) is 2.52. The molecule has 2 aromatic rings. The van der Waals surface area contributed by atoms with Crippen molar-refractivity contribution in [1.82, 2.24) is 19.9 Å². The molecule has 0 aromatic carbocycles. The van der Waals surface area contributed by atoms with Crippen LogP contribution in [0.25, 0.3) is 11.2 Å². The predicted octanol–water partition coefficient (Wildman–Crippen LogP) is 3.49. The van der Waals surface area contributed by atoms with E-state index in [0.29, 0.717) is 23.3 Å². The summed E-state index contributed by atoms with van der Waals surface area (Å²) in [7, 11) is 0. The van der Waals surface area contributed by atoms with Gasteiger partial charge in [-0.25, -0.2) is 4.98 Å². The van der Waals surface area contributed by atoms with E-state index in [2.05, 4.69) is 59.9 Å². The number of nitrogens with one attached hydrogen (secondary N) is 2. The first-order valence-electron chi connectivity index (χ1n) is 6.49. The second-order valence-corrected chi connectivity index (χ2v) is 6.00. The number of H-pyrrole nitrogens is 1. The topological polar surface area (TPSA) is 66.5 Å². The van der Waals surface area contributed by atoms with Crippen molar-refractivity contribution in [1.29, 1.82) is 0 Å². The van der Waals surface area contributed by atoms with Gasteiger partial charge in [-0.15, -0.1) is 0 Å². The number of aromatic nitrogens is 4. The zero-order valence-corrected chi connectivity index (χ0v) is 12.7. The summed E-state index contributed by atoms with van der Waals surface area (Å²) in [5.74, 6) is 1.59. The molecule has 2 rings (SSSR count). The lowest BCUT2D eigenvalue weighted by Crippen LogP contribution is -2.45. The Bertz CT molecular complexity index is 567. The van der Waals surface area contributed by atoms with E-state index >= 15 is 0 Å². The first-order chi connectivity index (χ1) is 8.84.